The lowest BCUT2D eigenvalue weighted by molar-refractivity contribution is -0.208. The third-order valence-corrected chi connectivity index (χ3v) is 10.8. The lowest BCUT2D eigenvalue weighted by Gasteiger charge is -2.57. The summed E-state index contributed by atoms with van der Waals surface area (Å²) in [5.41, 5.74) is 6.22. The zero-order valence-electron chi connectivity index (χ0n) is 22.8. The van der Waals surface area contributed by atoms with Crippen LogP contribution < -0.4 is 10.4 Å². The molecule has 0 aromatic heterocycles. The summed E-state index contributed by atoms with van der Waals surface area (Å²) in [7, 11) is 4.13. The number of hydrogen-bond donors (Lipinski definition) is 3. The van der Waals surface area contributed by atoms with Crippen LogP contribution in [0.1, 0.15) is 76.7 Å². The van der Waals surface area contributed by atoms with E-state index in [-0.39, 0.29) is 11.3 Å². The Labute approximate surface area is 221 Å². The van der Waals surface area contributed by atoms with Crippen LogP contribution in [-0.4, -0.2) is 54.5 Å². The second kappa shape index (κ2) is 8.83. The lowest BCUT2D eigenvalue weighted by atomic mass is 9.49. The van der Waals surface area contributed by atoms with Gasteiger partial charge >= 0.3 is 0 Å². The predicted octanol–water partition coefficient (Wildman–Crippen LogP) is 4.76. The quantitative estimate of drug-likeness (QED) is 0.312. The van der Waals surface area contributed by atoms with Crippen LogP contribution in [0.4, 0.5) is 5.69 Å². The second-order valence-corrected chi connectivity index (χ2v) is 12.6. The Morgan fingerprint density at radius 3 is 2.43 bits per heavy atom. The highest BCUT2D eigenvalue weighted by atomic mass is 16.7. The fourth-order valence-electron chi connectivity index (χ4n) is 8.97. The van der Waals surface area contributed by atoms with Crippen LogP contribution in [0.15, 0.2) is 35.4 Å². The average Bonchev–Trinajstić information content (AvgIpc) is 3.45. The van der Waals surface area contributed by atoms with Crippen LogP contribution in [0.25, 0.3) is 0 Å². The summed E-state index contributed by atoms with van der Waals surface area (Å²) >= 11 is 0. The van der Waals surface area contributed by atoms with Crippen LogP contribution in [-0.2, 0) is 9.47 Å². The summed E-state index contributed by atoms with van der Waals surface area (Å²) in [6, 6.07) is 8.94. The van der Waals surface area contributed by atoms with Crippen molar-refractivity contribution in [2.24, 2.45) is 17.3 Å². The highest BCUT2D eigenvalue weighted by molar-refractivity contribution is 5.50. The van der Waals surface area contributed by atoms with E-state index >= 15 is 0 Å². The summed E-state index contributed by atoms with van der Waals surface area (Å²) < 4.78 is 12.1. The van der Waals surface area contributed by atoms with Crippen LogP contribution in [0.5, 0.6) is 0 Å². The van der Waals surface area contributed by atoms with Crippen molar-refractivity contribution >= 4 is 5.69 Å². The van der Waals surface area contributed by atoms with E-state index in [1.807, 2.05) is 6.92 Å². The third-order valence-electron chi connectivity index (χ3n) is 10.8. The molecule has 4 fully saturated rings. The van der Waals surface area contributed by atoms with E-state index in [9.17, 15) is 10.3 Å². The van der Waals surface area contributed by atoms with E-state index in [0.717, 1.165) is 44.9 Å². The normalized spacial score (nSPS) is 40.0. The number of ether oxygens (including phenoxy) is 2. The molecule has 0 radical (unpaired) electrons. The summed E-state index contributed by atoms with van der Waals surface area (Å²) in [6.45, 7) is 5.44. The van der Waals surface area contributed by atoms with Gasteiger partial charge in [-0.2, -0.15) is 5.48 Å². The van der Waals surface area contributed by atoms with Crippen molar-refractivity contribution in [1.82, 2.24) is 5.48 Å². The molecule has 3 N–H and O–H groups in total. The van der Waals surface area contributed by atoms with Gasteiger partial charge in [0.25, 0.3) is 0 Å². The standard InChI is InChI=1S/C31H42N2O4/c1-5-13-30(32-35)15-11-25-23-10-14-29(34)20-31(36-17-18-37-31)16-12-26(29)27(23)24(19-28(25,30)2)21-6-8-22(9-7-21)33(3)4/h6-9,23-25,32,34-35H,10-12,14-20H2,1-4H3/t23-,24+,25-,28-,29+,30-/m0/s1. The van der Waals surface area contributed by atoms with Gasteiger partial charge in [0.2, 0.25) is 0 Å². The molecule has 1 aromatic carbocycles. The number of rotatable bonds is 3. The van der Waals surface area contributed by atoms with E-state index in [0.29, 0.717) is 31.5 Å². The zero-order valence-corrected chi connectivity index (χ0v) is 22.8. The molecule has 6 heteroatoms. The molecule has 5 aliphatic rings. The van der Waals surface area contributed by atoms with Crippen LogP contribution in [0, 0.1) is 29.1 Å². The number of allylic oxidation sites excluding steroid dienone is 1. The van der Waals surface area contributed by atoms with E-state index in [1.165, 1.54) is 22.4 Å². The first-order valence-electron chi connectivity index (χ1n) is 14.1. The van der Waals surface area contributed by atoms with Crippen LogP contribution in [0.3, 0.4) is 0 Å². The van der Waals surface area contributed by atoms with Crippen molar-refractivity contribution in [1.29, 1.82) is 0 Å². The van der Waals surface area contributed by atoms with Crippen molar-refractivity contribution < 1.29 is 19.8 Å². The Kier molecular flexibility index (Phi) is 6.06. The van der Waals surface area contributed by atoms with Gasteiger partial charge in [-0.15, -0.1) is 5.92 Å². The Morgan fingerprint density at radius 2 is 1.78 bits per heavy atom. The first-order valence-corrected chi connectivity index (χ1v) is 14.1. The van der Waals surface area contributed by atoms with Crippen LogP contribution >= 0.6 is 0 Å². The Morgan fingerprint density at radius 1 is 1.05 bits per heavy atom. The molecule has 0 unspecified atom stereocenters. The molecule has 1 aliphatic heterocycles. The molecule has 0 bridgehead atoms. The molecular weight excluding hydrogens is 464 g/mol. The number of benzene rings is 1. The van der Waals surface area contributed by atoms with E-state index < -0.39 is 16.9 Å². The van der Waals surface area contributed by atoms with E-state index in [1.54, 1.807) is 0 Å². The fourth-order valence-corrected chi connectivity index (χ4v) is 8.97. The van der Waals surface area contributed by atoms with Crippen molar-refractivity contribution in [2.75, 3.05) is 32.2 Å². The highest BCUT2D eigenvalue weighted by Crippen LogP contribution is 2.67. The minimum absolute atomic E-state index is 0.174. The molecule has 6 atom stereocenters. The minimum atomic E-state index is -0.877. The molecule has 6 nitrogen and oxygen atoms in total. The number of nitrogens with zero attached hydrogens (tertiary/aromatic N) is 1. The van der Waals surface area contributed by atoms with Gasteiger partial charge in [-0.3, -0.25) is 0 Å². The van der Waals surface area contributed by atoms with Crippen molar-refractivity contribution in [3.8, 4) is 11.8 Å². The van der Waals surface area contributed by atoms with Gasteiger partial charge in [-0.1, -0.05) is 30.6 Å². The molecule has 200 valence electrons. The van der Waals surface area contributed by atoms with Crippen molar-refractivity contribution in [3.05, 3.63) is 41.0 Å². The Bertz CT molecular complexity index is 1140. The van der Waals surface area contributed by atoms with Gasteiger partial charge in [0, 0.05) is 44.0 Å². The van der Waals surface area contributed by atoms with Gasteiger partial charge in [-0.05, 0) is 80.6 Å². The molecule has 3 saturated carbocycles. The largest absolute Gasteiger partial charge is 0.385 e. The van der Waals surface area contributed by atoms with Gasteiger partial charge in [0.1, 0.15) is 5.54 Å². The lowest BCUT2D eigenvalue weighted by Crippen LogP contribution is -2.59. The Balaban J connectivity index is 1.49. The summed E-state index contributed by atoms with van der Waals surface area (Å²) in [4.78, 5) is 2.13. The van der Waals surface area contributed by atoms with Gasteiger partial charge in [-0.25, -0.2) is 0 Å². The summed E-state index contributed by atoms with van der Waals surface area (Å²) in [5.74, 6) is 6.88. The number of hydroxylamine groups is 1. The highest BCUT2D eigenvalue weighted by Gasteiger charge is 2.65. The van der Waals surface area contributed by atoms with Gasteiger partial charge in [0.15, 0.2) is 5.79 Å². The summed E-state index contributed by atoms with van der Waals surface area (Å²) in [6.07, 6.45) is 6.59. The molecule has 1 aromatic rings. The summed E-state index contributed by atoms with van der Waals surface area (Å²) in [5, 5.41) is 22.7. The third kappa shape index (κ3) is 3.66. The number of fused-ring (bicyclic) bond motifs is 4. The van der Waals surface area contributed by atoms with E-state index in [2.05, 4.69) is 67.5 Å². The monoisotopic (exact) mass is 506 g/mol. The maximum Gasteiger partial charge on any atom is 0.171 e. The first-order chi connectivity index (χ1) is 17.7. The smallest absolute Gasteiger partial charge is 0.171 e. The number of hydrogen-bond acceptors (Lipinski definition) is 6. The molecule has 1 spiro atoms. The van der Waals surface area contributed by atoms with Crippen molar-refractivity contribution in [3.63, 3.8) is 0 Å². The molecular formula is C31H42N2O4. The minimum Gasteiger partial charge on any atom is -0.385 e. The zero-order chi connectivity index (χ0) is 26.1. The Hall–Kier alpha value is -1.88. The van der Waals surface area contributed by atoms with Crippen molar-refractivity contribution in [2.45, 2.75) is 88.1 Å². The topological polar surface area (TPSA) is 74.2 Å². The number of anilines is 1. The molecule has 1 heterocycles. The molecule has 37 heavy (non-hydrogen) atoms. The number of nitrogens with one attached hydrogen (secondary N) is 1. The maximum absolute atomic E-state index is 12.2. The molecule has 1 saturated heterocycles. The van der Waals surface area contributed by atoms with Gasteiger partial charge < -0.3 is 24.7 Å². The number of aliphatic hydroxyl groups is 1. The van der Waals surface area contributed by atoms with Gasteiger partial charge in [0.05, 0.1) is 18.8 Å². The van der Waals surface area contributed by atoms with Crippen LogP contribution in [0.2, 0.25) is 0 Å². The molecule has 6 rings (SSSR count). The van der Waals surface area contributed by atoms with E-state index in [4.69, 9.17) is 9.47 Å². The molecule has 0 amide bonds. The maximum atomic E-state index is 12.2. The fraction of sp³-hybridized carbons (Fsp3) is 0.677. The first kappa shape index (κ1) is 25.4. The predicted molar refractivity (Wildman–Crippen MR) is 143 cm³/mol. The SMILES string of the molecule is CC#C[C@]1(NO)CC[C@H]2[C@@H]3CC[C@@]4(O)CC5(CCC4=C3[C@@H](c3ccc(N(C)C)cc3)C[C@@]21C)OCCO5. The average molecular weight is 507 g/mol. The molecule has 4 aliphatic carbocycles. The second-order valence-electron chi connectivity index (χ2n) is 12.6.